The Labute approximate surface area is 224 Å². The maximum absolute atomic E-state index is 13.1. The predicted octanol–water partition coefficient (Wildman–Crippen LogP) is 4.85. The summed E-state index contributed by atoms with van der Waals surface area (Å²) < 4.78 is 11.2. The van der Waals surface area contributed by atoms with Gasteiger partial charge in [0.15, 0.2) is 15.8 Å². The van der Waals surface area contributed by atoms with E-state index in [1.165, 1.54) is 19.3 Å². The molecule has 1 heterocycles. The second kappa shape index (κ2) is 11.1. The van der Waals surface area contributed by atoms with E-state index in [9.17, 15) is 29.8 Å². The highest BCUT2D eigenvalue weighted by molar-refractivity contribution is 8.26. The highest BCUT2D eigenvalue weighted by Gasteiger charge is 2.34. The fourth-order valence-electron chi connectivity index (χ4n) is 3.34. The van der Waals surface area contributed by atoms with Crippen molar-refractivity contribution in [1.82, 2.24) is 10.4 Å². The summed E-state index contributed by atoms with van der Waals surface area (Å²) in [5.74, 6) is -1.20. The summed E-state index contributed by atoms with van der Waals surface area (Å²) in [6, 6.07) is 15.9. The smallest absolute Gasteiger partial charge is 0.318 e. The lowest BCUT2D eigenvalue weighted by atomic mass is 10.1. The van der Waals surface area contributed by atoms with Crippen LogP contribution in [0.1, 0.15) is 15.9 Å². The number of para-hydroxylation sites is 1. The quantitative estimate of drug-likeness (QED) is 0.177. The van der Waals surface area contributed by atoms with Crippen LogP contribution in [0.3, 0.4) is 0 Å². The average Bonchev–Trinajstić information content (AvgIpc) is 3.17. The Morgan fingerprint density at radius 3 is 2.42 bits per heavy atom. The minimum Gasteiger partial charge on any atom is -0.493 e. The van der Waals surface area contributed by atoms with E-state index in [-0.39, 0.29) is 26.5 Å². The minimum atomic E-state index is -0.808. The van der Waals surface area contributed by atoms with Gasteiger partial charge in [0, 0.05) is 17.2 Å². The van der Waals surface area contributed by atoms with Crippen molar-refractivity contribution in [2.45, 2.75) is 0 Å². The number of nitrogens with one attached hydrogen (secondary N) is 1. The van der Waals surface area contributed by atoms with Crippen LogP contribution in [0.4, 0.5) is 11.4 Å². The summed E-state index contributed by atoms with van der Waals surface area (Å²) in [6.07, 6.45) is 1.43. The van der Waals surface area contributed by atoms with Crippen molar-refractivity contribution in [2.24, 2.45) is 0 Å². The molecule has 3 aromatic carbocycles. The van der Waals surface area contributed by atoms with Crippen molar-refractivity contribution in [3.8, 4) is 17.2 Å². The summed E-state index contributed by atoms with van der Waals surface area (Å²) in [5.41, 5.74) is 1.99. The molecule has 4 rings (SSSR count). The van der Waals surface area contributed by atoms with E-state index in [1.807, 2.05) is 0 Å². The zero-order valence-electron chi connectivity index (χ0n) is 19.4. The first kappa shape index (κ1) is 26.2. The van der Waals surface area contributed by atoms with Gasteiger partial charge in [0.05, 0.1) is 27.9 Å². The van der Waals surface area contributed by atoms with Crippen LogP contribution in [-0.2, 0) is 4.79 Å². The molecule has 0 bridgehead atoms. The number of thioether (sulfide) groups is 1. The van der Waals surface area contributed by atoms with Gasteiger partial charge in [0.2, 0.25) is 5.75 Å². The van der Waals surface area contributed by atoms with Gasteiger partial charge in [-0.15, -0.1) is 0 Å². The van der Waals surface area contributed by atoms with Gasteiger partial charge in [-0.05, 0) is 42.6 Å². The first-order valence-electron chi connectivity index (χ1n) is 10.6. The largest absolute Gasteiger partial charge is 0.493 e. The van der Waals surface area contributed by atoms with Crippen molar-refractivity contribution in [2.75, 3.05) is 7.11 Å². The lowest BCUT2D eigenvalue weighted by molar-refractivity contribution is -0.394. The fraction of sp³-hybridized carbons (Fsp3) is 0.0417. The number of amides is 2. The lowest BCUT2D eigenvalue weighted by Gasteiger charge is -2.15. The van der Waals surface area contributed by atoms with Crippen LogP contribution < -0.4 is 14.9 Å². The standard InChI is InChI=1S/C24H16N4O8S2/c1-35-19-9-5-8-15(21(19)36-18-11-10-16(27(31)32)13-17(18)28(33)34)12-20-23(30)26(24(37)38-20)25-22(29)14-6-3-2-4-7-14/h2-13H,1H3,(H,25,29)/b20-12+. The molecule has 14 heteroatoms. The molecule has 1 aliphatic heterocycles. The van der Waals surface area contributed by atoms with Gasteiger partial charge in [-0.2, -0.15) is 5.01 Å². The zero-order valence-corrected chi connectivity index (χ0v) is 21.0. The van der Waals surface area contributed by atoms with E-state index in [0.29, 0.717) is 11.1 Å². The van der Waals surface area contributed by atoms with Crippen molar-refractivity contribution in [3.63, 3.8) is 0 Å². The molecule has 2 amide bonds. The Kier molecular flexibility index (Phi) is 7.64. The molecule has 1 fully saturated rings. The average molecular weight is 553 g/mol. The highest BCUT2D eigenvalue weighted by Crippen LogP contribution is 2.42. The Morgan fingerprint density at radius 1 is 1.03 bits per heavy atom. The number of hydrazine groups is 1. The van der Waals surface area contributed by atoms with E-state index >= 15 is 0 Å². The van der Waals surface area contributed by atoms with Crippen LogP contribution in [-0.4, -0.2) is 38.1 Å². The van der Waals surface area contributed by atoms with Gasteiger partial charge < -0.3 is 9.47 Å². The summed E-state index contributed by atoms with van der Waals surface area (Å²) in [5, 5.41) is 23.6. The minimum absolute atomic E-state index is 0.0190. The summed E-state index contributed by atoms with van der Waals surface area (Å²) in [7, 11) is 1.36. The molecule has 0 spiro atoms. The normalized spacial score (nSPS) is 13.9. The van der Waals surface area contributed by atoms with Gasteiger partial charge in [-0.3, -0.25) is 35.2 Å². The number of hydrogen-bond acceptors (Lipinski definition) is 10. The van der Waals surface area contributed by atoms with Crippen molar-refractivity contribution in [3.05, 3.63) is 103 Å². The van der Waals surface area contributed by atoms with E-state index < -0.39 is 33.0 Å². The number of carbonyl (C=O) groups is 2. The van der Waals surface area contributed by atoms with Gasteiger partial charge in [0.1, 0.15) is 0 Å². The number of benzene rings is 3. The number of non-ortho nitro benzene ring substituents is 1. The molecule has 1 saturated heterocycles. The Bertz CT molecular complexity index is 1510. The molecule has 1 N–H and O–H groups in total. The third-order valence-corrected chi connectivity index (χ3v) is 6.42. The van der Waals surface area contributed by atoms with E-state index in [4.69, 9.17) is 21.7 Å². The van der Waals surface area contributed by atoms with E-state index in [2.05, 4.69) is 5.43 Å². The van der Waals surface area contributed by atoms with E-state index in [0.717, 1.165) is 35.0 Å². The Morgan fingerprint density at radius 2 is 1.76 bits per heavy atom. The van der Waals surface area contributed by atoms with Crippen LogP contribution in [0.2, 0.25) is 0 Å². The van der Waals surface area contributed by atoms with Gasteiger partial charge in [-0.25, -0.2) is 0 Å². The van der Waals surface area contributed by atoms with Crippen molar-refractivity contribution >= 4 is 57.6 Å². The molecular formula is C24H16N4O8S2. The summed E-state index contributed by atoms with van der Waals surface area (Å²) in [6.45, 7) is 0. The topological polar surface area (TPSA) is 154 Å². The number of nitro benzene ring substituents is 2. The second-order valence-corrected chi connectivity index (χ2v) is 9.15. The predicted molar refractivity (Wildman–Crippen MR) is 142 cm³/mol. The monoisotopic (exact) mass is 552 g/mol. The van der Waals surface area contributed by atoms with Crippen LogP contribution in [0.5, 0.6) is 17.2 Å². The van der Waals surface area contributed by atoms with Crippen molar-refractivity contribution < 1.29 is 28.9 Å². The third kappa shape index (κ3) is 5.45. The lowest BCUT2D eigenvalue weighted by Crippen LogP contribution is -2.44. The molecular weight excluding hydrogens is 536 g/mol. The molecule has 1 aliphatic rings. The molecule has 0 unspecified atom stereocenters. The number of carbonyl (C=O) groups excluding carboxylic acids is 2. The Balaban J connectivity index is 1.67. The highest BCUT2D eigenvalue weighted by atomic mass is 32.2. The molecule has 0 radical (unpaired) electrons. The number of hydrogen-bond donors (Lipinski definition) is 1. The molecule has 3 aromatic rings. The van der Waals surface area contributed by atoms with Crippen LogP contribution in [0.25, 0.3) is 6.08 Å². The van der Waals surface area contributed by atoms with Crippen molar-refractivity contribution in [1.29, 1.82) is 0 Å². The van der Waals surface area contributed by atoms with Crippen LogP contribution >= 0.6 is 24.0 Å². The molecule has 192 valence electrons. The van der Waals surface area contributed by atoms with Gasteiger partial charge in [-0.1, -0.05) is 42.1 Å². The maximum atomic E-state index is 13.1. The maximum Gasteiger partial charge on any atom is 0.318 e. The SMILES string of the molecule is COc1cccc(/C=C2/SC(=S)N(NC(=O)c3ccccc3)C2=O)c1Oc1ccc([N+](=O)[O-])cc1[N+](=O)[O-]. The first-order valence-corrected chi connectivity index (χ1v) is 11.8. The van der Waals surface area contributed by atoms with E-state index in [1.54, 1.807) is 42.5 Å². The number of nitrogens with zero attached hydrogens (tertiary/aromatic N) is 3. The summed E-state index contributed by atoms with van der Waals surface area (Å²) in [4.78, 5) is 46.8. The van der Waals surface area contributed by atoms with Crippen LogP contribution in [0.15, 0.2) is 71.6 Å². The molecule has 12 nitrogen and oxygen atoms in total. The van der Waals surface area contributed by atoms with Gasteiger partial charge in [0.25, 0.3) is 17.5 Å². The molecule has 0 atom stereocenters. The molecule has 0 aliphatic carbocycles. The zero-order chi connectivity index (χ0) is 27.4. The number of methoxy groups -OCH3 is 1. The third-order valence-electron chi connectivity index (χ3n) is 5.12. The second-order valence-electron chi connectivity index (χ2n) is 7.47. The summed E-state index contributed by atoms with van der Waals surface area (Å²) >= 11 is 6.20. The molecule has 0 aromatic heterocycles. The molecule has 38 heavy (non-hydrogen) atoms. The number of thiocarbonyl (C=S) groups is 1. The molecule has 0 saturated carbocycles. The fourth-order valence-corrected chi connectivity index (χ4v) is 4.51. The first-order chi connectivity index (χ1) is 18.2. The number of rotatable bonds is 8. The van der Waals surface area contributed by atoms with Crippen LogP contribution in [0, 0.1) is 20.2 Å². The number of nitro groups is 2. The van der Waals surface area contributed by atoms with Gasteiger partial charge >= 0.3 is 5.69 Å². The Hall–Kier alpha value is -4.82. The number of ether oxygens (including phenoxy) is 2.